The molecule has 43 heavy (non-hydrogen) atoms. The van der Waals surface area contributed by atoms with E-state index in [1.54, 1.807) is 42.9 Å². The van der Waals surface area contributed by atoms with Crippen LogP contribution < -0.4 is 21.5 Å². The highest BCUT2D eigenvalue weighted by Crippen LogP contribution is 2.31. The molecule has 0 saturated carbocycles. The second-order valence-corrected chi connectivity index (χ2v) is 9.50. The topological polar surface area (TPSA) is 139 Å². The lowest BCUT2D eigenvalue weighted by molar-refractivity contribution is -0.137. The average molecular weight is 591 g/mol. The van der Waals surface area contributed by atoms with Gasteiger partial charge in [-0.15, -0.1) is 0 Å². The number of aromatic nitrogens is 5. The molecule has 2 heterocycles. The molecule has 2 aromatic heterocycles. The van der Waals surface area contributed by atoms with E-state index in [0.29, 0.717) is 11.4 Å². The van der Waals surface area contributed by atoms with Crippen LogP contribution in [0.25, 0.3) is 5.69 Å². The molecule has 0 aliphatic carbocycles. The van der Waals surface area contributed by atoms with E-state index in [4.69, 9.17) is 0 Å². The quantitative estimate of drug-likeness (QED) is 0.216. The largest absolute Gasteiger partial charge is 0.416 e. The van der Waals surface area contributed by atoms with Gasteiger partial charge in [-0.1, -0.05) is 36.4 Å². The Morgan fingerprint density at radius 1 is 0.953 bits per heavy atom. The third-order valence-electron chi connectivity index (χ3n) is 6.71. The van der Waals surface area contributed by atoms with Crippen molar-refractivity contribution < 1.29 is 22.8 Å². The summed E-state index contributed by atoms with van der Waals surface area (Å²) in [4.78, 5) is 43.3. The monoisotopic (exact) mass is 590 g/mol. The number of benzene rings is 3. The highest BCUT2D eigenvalue weighted by molar-refractivity contribution is 6.05. The van der Waals surface area contributed by atoms with E-state index in [9.17, 15) is 27.6 Å². The summed E-state index contributed by atoms with van der Waals surface area (Å²) < 4.78 is 43.0. The number of hydrogen-bond acceptors (Lipinski definition) is 5. The zero-order valence-electron chi connectivity index (χ0n) is 22.8. The number of rotatable bonds is 7. The zero-order chi connectivity index (χ0) is 30.7. The third kappa shape index (κ3) is 6.17. The van der Waals surface area contributed by atoms with Crippen LogP contribution in [-0.2, 0) is 13.2 Å². The minimum atomic E-state index is -4.59. The van der Waals surface area contributed by atoms with Gasteiger partial charge in [-0.2, -0.15) is 18.3 Å². The molecule has 1 unspecified atom stereocenters. The maximum Gasteiger partial charge on any atom is 0.416 e. The fourth-order valence-corrected chi connectivity index (χ4v) is 4.49. The van der Waals surface area contributed by atoms with Gasteiger partial charge in [-0.05, 0) is 55.0 Å². The van der Waals surface area contributed by atoms with Gasteiger partial charge in [0.25, 0.3) is 11.5 Å². The molecule has 3 amide bonds. The van der Waals surface area contributed by atoms with Crippen molar-refractivity contribution >= 4 is 23.3 Å². The molecule has 0 aliphatic heterocycles. The maximum atomic E-state index is 13.3. The molecule has 0 bridgehead atoms. The highest BCUT2D eigenvalue weighted by atomic mass is 19.4. The smallest absolute Gasteiger partial charge is 0.324 e. The van der Waals surface area contributed by atoms with Crippen molar-refractivity contribution in [1.29, 1.82) is 0 Å². The molecule has 4 N–H and O–H groups in total. The molecule has 14 heteroatoms. The molecule has 1 atom stereocenters. The number of hydrogen-bond donors (Lipinski definition) is 4. The molecule has 0 aliphatic rings. The van der Waals surface area contributed by atoms with Gasteiger partial charge in [0.2, 0.25) is 0 Å². The maximum absolute atomic E-state index is 13.3. The predicted molar refractivity (Wildman–Crippen MR) is 152 cm³/mol. The Morgan fingerprint density at radius 2 is 1.70 bits per heavy atom. The van der Waals surface area contributed by atoms with Crippen molar-refractivity contribution in [2.45, 2.75) is 19.1 Å². The van der Waals surface area contributed by atoms with Gasteiger partial charge >= 0.3 is 12.2 Å². The van der Waals surface area contributed by atoms with Crippen molar-refractivity contribution in [3.8, 4) is 5.69 Å². The van der Waals surface area contributed by atoms with Crippen LogP contribution in [-0.4, -0.2) is 36.5 Å². The van der Waals surface area contributed by atoms with Crippen LogP contribution in [0.4, 0.5) is 29.3 Å². The summed E-state index contributed by atoms with van der Waals surface area (Å²) >= 11 is 0. The third-order valence-corrected chi connectivity index (χ3v) is 6.71. The normalized spacial score (nSPS) is 12.0. The Morgan fingerprint density at radius 3 is 2.40 bits per heavy atom. The van der Waals surface area contributed by atoms with E-state index >= 15 is 0 Å². The molecular formula is C29H25F3N8O3. The lowest BCUT2D eigenvalue weighted by atomic mass is 10.0. The minimum absolute atomic E-state index is 0.100. The first-order valence-electron chi connectivity index (χ1n) is 12.9. The summed E-state index contributed by atoms with van der Waals surface area (Å²) in [6, 6.07) is 17.5. The van der Waals surface area contributed by atoms with E-state index in [-0.39, 0.29) is 28.3 Å². The first kappa shape index (κ1) is 28.9. The number of H-pyrrole nitrogens is 1. The fraction of sp³-hybridized carbons (Fsp3) is 0.138. The van der Waals surface area contributed by atoms with Crippen molar-refractivity contribution in [3.05, 3.63) is 124 Å². The lowest BCUT2D eigenvalue weighted by Gasteiger charge is -2.19. The molecule has 0 saturated heterocycles. The summed E-state index contributed by atoms with van der Waals surface area (Å²) in [7, 11) is 1.70. The number of carbonyl (C=O) groups is 2. The van der Waals surface area contributed by atoms with Crippen LogP contribution in [0.1, 0.15) is 39.0 Å². The molecule has 3 aromatic carbocycles. The number of nitrogens with zero attached hydrogens (tertiary/aromatic N) is 4. The number of nitrogens with one attached hydrogen (secondary N) is 4. The number of carbonyl (C=O) groups excluding carboxylic acids is 2. The second-order valence-electron chi connectivity index (χ2n) is 9.50. The first-order valence-corrected chi connectivity index (χ1v) is 12.9. The number of anilines is 2. The van der Waals surface area contributed by atoms with Gasteiger partial charge in [-0.25, -0.2) is 14.5 Å². The summed E-state index contributed by atoms with van der Waals surface area (Å²) in [6.07, 6.45) is -3.42. The molecule has 5 aromatic rings. The molecule has 0 fully saturated rings. The van der Waals surface area contributed by atoms with Gasteiger partial charge in [0.05, 0.1) is 16.9 Å². The first-order chi connectivity index (χ1) is 20.5. The fourth-order valence-electron chi connectivity index (χ4n) is 4.49. The molecule has 220 valence electrons. The predicted octanol–water partition coefficient (Wildman–Crippen LogP) is 4.78. The Bertz CT molecular complexity index is 1830. The highest BCUT2D eigenvalue weighted by Gasteiger charge is 2.32. The number of alkyl halides is 3. The Labute approximate surface area is 242 Å². The van der Waals surface area contributed by atoms with Gasteiger partial charge in [0, 0.05) is 18.3 Å². The molecule has 5 rings (SSSR count). The van der Waals surface area contributed by atoms with E-state index in [2.05, 4.69) is 31.1 Å². The summed E-state index contributed by atoms with van der Waals surface area (Å²) in [5.74, 6) is -0.472. The number of amides is 3. The standard InChI is InChI=1S/C29H25F3N8O3/c1-17-23(27(42)40(39(17)2)22-12-4-3-5-13-22)36-26(41)19-9-7-11-21(15-19)35-28(43)37-24(25-33-16-34-38-25)18-8-6-10-20(14-18)29(30,31)32/h3-16,24H,1-2H3,(H,36,41)(H,33,34,38)(H2,35,37,43). The van der Waals surface area contributed by atoms with Crippen LogP contribution in [0.15, 0.2) is 90.0 Å². The van der Waals surface area contributed by atoms with Crippen LogP contribution >= 0.6 is 0 Å². The molecule has 0 radical (unpaired) electrons. The number of urea groups is 1. The second kappa shape index (κ2) is 11.7. The Kier molecular flexibility index (Phi) is 7.84. The number of aromatic amines is 1. The van der Waals surface area contributed by atoms with Crippen LogP contribution in [0.5, 0.6) is 0 Å². The summed E-state index contributed by atoms with van der Waals surface area (Å²) in [5.41, 5.74) is 0.445. The summed E-state index contributed by atoms with van der Waals surface area (Å²) in [6.45, 7) is 1.70. The molecular weight excluding hydrogens is 565 g/mol. The molecule has 0 spiro atoms. The van der Waals surface area contributed by atoms with Crippen molar-refractivity contribution in [2.24, 2.45) is 7.05 Å². The van der Waals surface area contributed by atoms with Crippen molar-refractivity contribution in [1.82, 2.24) is 29.9 Å². The number of para-hydroxylation sites is 1. The van der Waals surface area contributed by atoms with E-state index in [0.717, 1.165) is 12.1 Å². The molecule has 11 nitrogen and oxygen atoms in total. The zero-order valence-corrected chi connectivity index (χ0v) is 22.8. The number of halogens is 3. The van der Waals surface area contributed by atoms with E-state index in [1.165, 1.54) is 47.4 Å². The van der Waals surface area contributed by atoms with Gasteiger partial charge in [-0.3, -0.25) is 19.4 Å². The SMILES string of the molecule is Cc1c(NC(=O)c2cccc(NC(=O)NC(c3cccc(C(F)(F)F)c3)c3ncn[nH]3)c2)c(=O)n(-c2ccccc2)n1C. The van der Waals surface area contributed by atoms with E-state index in [1.807, 2.05) is 6.07 Å². The minimum Gasteiger partial charge on any atom is -0.324 e. The van der Waals surface area contributed by atoms with Crippen LogP contribution in [0, 0.1) is 6.92 Å². The van der Waals surface area contributed by atoms with Crippen LogP contribution in [0.2, 0.25) is 0 Å². The average Bonchev–Trinajstić information content (AvgIpc) is 3.59. The van der Waals surface area contributed by atoms with Gasteiger partial charge in [0.15, 0.2) is 5.82 Å². The lowest BCUT2D eigenvalue weighted by Crippen LogP contribution is -2.34. The van der Waals surface area contributed by atoms with Gasteiger partial charge in [0.1, 0.15) is 18.1 Å². The Hall–Kier alpha value is -5.66. The Balaban J connectivity index is 1.33. The van der Waals surface area contributed by atoms with Crippen molar-refractivity contribution in [2.75, 3.05) is 10.6 Å². The van der Waals surface area contributed by atoms with E-state index < -0.39 is 35.3 Å². The van der Waals surface area contributed by atoms with Crippen LogP contribution in [0.3, 0.4) is 0 Å². The van der Waals surface area contributed by atoms with Crippen molar-refractivity contribution in [3.63, 3.8) is 0 Å². The summed E-state index contributed by atoms with van der Waals surface area (Å²) in [5, 5.41) is 14.1. The van der Waals surface area contributed by atoms with Gasteiger partial charge < -0.3 is 16.0 Å².